The minimum Gasteiger partial charge on any atom is -0.384 e. The molecule has 0 atom stereocenters. The van der Waals surface area contributed by atoms with Crippen molar-refractivity contribution in [1.29, 1.82) is 5.41 Å². The van der Waals surface area contributed by atoms with Crippen LogP contribution in [0.15, 0.2) is 36.5 Å². The topological polar surface area (TPSA) is 66.0 Å². The lowest BCUT2D eigenvalue weighted by Crippen LogP contribution is -2.31. The summed E-state index contributed by atoms with van der Waals surface area (Å²) in [4.78, 5) is 6.50. The SMILES string of the molecule is N=C(N)c1ccnc(N2CCc3ccccc3C2)c1Cl. The van der Waals surface area contributed by atoms with Crippen LogP contribution in [0.2, 0.25) is 5.02 Å². The Kier molecular flexibility index (Phi) is 3.32. The molecule has 0 radical (unpaired) electrons. The molecule has 0 fully saturated rings. The predicted octanol–water partition coefficient (Wildman–Crippen LogP) is 2.58. The molecule has 1 aromatic heterocycles. The summed E-state index contributed by atoms with van der Waals surface area (Å²) in [6.07, 6.45) is 2.62. The van der Waals surface area contributed by atoms with Crippen molar-refractivity contribution in [2.75, 3.05) is 11.4 Å². The number of amidine groups is 1. The zero-order chi connectivity index (χ0) is 14.1. The Morgan fingerprint density at radius 1 is 1.25 bits per heavy atom. The lowest BCUT2D eigenvalue weighted by Gasteiger charge is -2.30. The highest BCUT2D eigenvalue weighted by Crippen LogP contribution is 2.30. The van der Waals surface area contributed by atoms with Crippen LogP contribution in [0.1, 0.15) is 16.7 Å². The molecule has 2 aromatic rings. The van der Waals surface area contributed by atoms with Gasteiger partial charge in [0.1, 0.15) is 11.7 Å². The molecule has 0 spiro atoms. The fraction of sp³-hybridized carbons (Fsp3) is 0.200. The van der Waals surface area contributed by atoms with Gasteiger partial charge in [-0.25, -0.2) is 4.98 Å². The van der Waals surface area contributed by atoms with Gasteiger partial charge >= 0.3 is 0 Å². The normalized spacial score (nSPS) is 13.9. The Hall–Kier alpha value is -2.07. The Morgan fingerprint density at radius 2 is 2.00 bits per heavy atom. The summed E-state index contributed by atoms with van der Waals surface area (Å²) in [6, 6.07) is 10.1. The van der Waals surface area contributed by atoms with E-state index in [1.54, 1.807) is 12.3 Å². The number of hydrogen-bond acceptors (Lipinski definition) is 3. The van der Waals surface area contributed by atoms with Crippen LogP contribution in [0.25, 0.3) is 0 Å². The molecular formula is C15H15ClN4. The number of pyridine rings is 1. The monoisotopic (exact) mass is 286 g/mol. The number of aromatic nitrogens is 1. The number of nitrogens with one attached hydrogen (secondary N) is 1. The number of nitrogens with two attached hydrogens (primary N) is 1. The lowest BCUT2D eigenvalue weighted by molar-refractivity contribution is 0.721. The summed E-state index contributed by atoms with van der Waals surface area (Å²) in [7, 11) is 0. The van der Waals surface area contributed by atoms with Gasteiger partial charge in [0.25, 0.3) is 0 Å². The van der Waals surface area contributed by atoms with Crippen LogP contribution in [0.5, 0.6) is 0 Å². The number of nitrogens with zero attached hydrogens (tertiary/aromatic N) is 2. The average Bonchev–Trinajstić information content (AvgIpc) is 2.46. The molecule has 4 nitrogen and oxygen atoms in total. The van der Waals surface area contributed by atoms with E-state index in [1.165, 1.54) is 11.1 Å². The van der Waals surface area contributed by atoms with Crippen LogP contribution in [0.3, 0.4) is 0 Å². The maximum absolute atomic E-state index is 7.55. The molecule has 1 aromatic carbocycles. The highest BCUT2D eigenvalue weighted by Gasteiger charge is 2.20. The first-order chi connectivity index (χ1) is 9.66. The summed E-state index contributed by atoms with van der Waals surface area (Å²) in [5.41, 5.74) is 8.75. The van der Waals surface area contributed by atoms with Gasteiger partial charge in [-0.05, 0) is 23.6 Å². The second-order valence-corrected chi connectivity index (χ2v) is 5.23. The number of halogens is 1. The fourth-order valence-corrected chi connectivity index (χ4v) is 2.87. The smallest absolute Gasteiger partial charge is 0.148 e. The summed E-state index contributed by atoms with van der Waals surface area (Å²) in [6.45, 7) is 1.65. The molecule has 5 heteroatoms. The summed E-state index contributed by atoms with van der Waals surface area (Å²) < 4.78 is 0. The maximum Gasteiger partial charge on any atom is 0.148 e. The molecule has 0 aliphatic carbocycles. The third-order valence-corrected chi connectivity index (χ3v) is 3.96. The molecular weight excluding hydrogens is 272 g/mol. The molecule has 20 heavy (non-hydrogen) atoms. The largest absolute Gasteiger partial charge is 0.384 e. The van der Waals surface area contributed by atoms with Crippen molar-refractivity contribution in [2.45, 2.75) is 13.0 Å². The van der Waals surface area contributed by atoms with Crippen LogP contribution in [0.4, 0.5) is 5.82 Å². The van der Waals surface area contributed by atoms with Gasteiger partial charge in [0.05, 0.1) is 5.02 Å². The number of fused-ring (bicyclic) bond motifs is 1. The van der Waals surface area contributed by atoms with E-state index < -0.39 is 0 Å². The molecule has 0 saturated carbocycles. The van der Waals surface area contributed by atoms with E-state index in [0.29, 0.717) is 16.4 Å². The third kappa shape index (κ3) is 2.23. The number of nitrogen functional groups attached to an aromatic ring is 1. The van der Waals surface area contributed by atoms with Gasteiger partial charge in [-0.15, -0.1) is 0 Å². The van der Waals surface area contributed by atoms with Crippen LogP contribution in [-0.2, 0) is 13.0 Å². The zero-order valence-corrected chi connectivity index (χ0v) is 11.7. The Labute approximate surface area is 122 Å². The van der Waals surface area contributed by atoms with E-state index in [4.69, 9.17) is 22.7 Å². The second kappa shape index (κ2) is 5.13. The first kappa shape index (κ1) is 12.9. The fourth-order valence-electron chi connectivity index (χ4n) is 2.54. The first-order valence-electron chi connectivity index (χ1n) is 6.47. The van der Waals surface area contributed by atoms with Gasteiger partial charge in [-0.3, -0.25) is 5.41 Å². The molecule has 1 aliphatic rings. The predicted molar refractivity (Wildman–Crippen MR) is 81.5 cm³/mol. The average molecular weight is 287 g/mol. The number of hydrogen-bond donors (Lipinski definition) is 2. The number of anilines is 1. The van der Waals surface area contributed by atoms with Crippen LogP contribution >= 0.6 is 11.6 Å². The van der Waals surface area contributed by atoms with Crippen LogP contribution in [0, 0.1) is 5.41 Å². The minimum absolute atomic E-state index is 0.0314. The van der Waals surface area contributed by atoms with Crippen molar-refractivity contribution in [2.24, 2.45) is 5.73 Å². The van der Waals surface area contributed by atoms with E-state index >= 15 is 0 Å². The van der Waals surface area contributed by atoms with Crippen molar-refractivity contribution in [3.63, 3.8) is 0 Å². The molecule has 1 aliphatic heterocycles. The van der Waals surface area contributed by atoms with Gasteiger partial charge in [0.2, 0.25) is 0 Å². The molecule has 0 saturated heterocycles. The van der Waals surface area contributed by atoms with Crippen molar-refractivity contribution in [3.05, 3.63) is 58.2 Å². The van der Waals surface area contributed by atoms with Crippen molar-refractivity contribution in [1.82, 2.24) is 4.98 Å². The van der Waals surface area contributed by atoms with E-state index in [1.807, 2.05) is 6.07 Å². The van der Waals surface area contributed by atoms with Crippen LogP contribution < -0.4 is 10.6 Å². The summed E-state index contributed by atoms with van der Waals surface area (Å²) in [5, 5.41) is 8.01. The van der Waals surface area contributed by atoms with Crippen molar-refractivity contribution >= 4 is 23.3 Å². The number of rotatable bonds is 2. The molecule has 2 heterocycles. The van der Waals surface area contributed by atoms with Gasteiger partial charge < -0.3 is 10.6 Å². The van der Waals surface area contributed by atoms with Gasteiger partial charge in [0.15, 0.2) is 0 Å². The molecule has 0 bridgehead atoms. The second-order valence-electron chi connectivity index (χ2n) is 4.85. The van der Waals surface area contributed by atoms with E-state index in [-0.39, 0.29) is 5.84 Å². The minimum atomic E-state index is -0.0314. The van der Waals surface area contributed by atoms with Gasteiger partial charge in [0, 0.05) is 24.8 Å². The van der Waals surface area contributed by atoms with E-state index in [0.717, 1.165) is 19.5 Å². The van der Waals surface area contributed by atoms with E-state index in [2.05, 4.69) is 28.1 Å². The van der Waals surface area contributed by atoms with Crippen molar-refractivity contribution in [3.8, 4) is 0 Å². The Morgan fingerprint density at radius 3 is 2.75 bits per heavy atom. The van der Waals surface area contributed by atoms with Crippen LogP contribution in [-0.4, -0.2) is 17.4 Å². The van der Waals surface area contributed by atoms with Crippen molar-refractivity contribution < 1.29 is 0 Å². The maximum atomic E-state index is 7.55. The van der Waals surface area contributed by atoms with E-state index in [9.17, 15) is 0 Å². The zero-order valence-electron chi connectivity index (χ0n) is 10.9. The molecule has 3 rings (SSSR count). The Bertz CT molecular complexity index is 669. The highest BCUT2D eigenvalue weighted by molar-refractivity contribution is 6.36. The molecule has 0 unspecified atom stereocenters. The number of benzene rings is 1. The highest BCUT2D eigenvalue weighted by atomic mass is 35.5. The molecule has 102 valence electrons. The standard InChI is InChI=1S/C15H15ClN4/c16-13-12(14(17)18)5-7-19-15(13)20-8-6-10-3-1-2-4-11(10)9-20/h1-5,7H,6,8-9H2,(H3,17,18). The summed E-state index contributed by atoms with van der Waals surface area (Å²) >= 11 is 6.34. The lowest BCUT2D eigenvalue weighted by atomic mass is 10.00. The first-order valence-corrected chi connectivity index (χ1v) is 6.85. The third-order valence-electron chi connectivity index (χ3n) is 3.59. The Balaban J connectivity index is 1.96. The molecule has 0 amide bonds. The summed E-state index contributed by atoms with van der Waals surface area (Å²) in [5.74, 6) is 0.671. The molecule has 3 N–H and O–H groups in total. The van der Waals surface area contributed by atoms with Gasteiger partial charge in [-0.1, -0.05) is 35.9 Å². The quantitative estimate of drug-likeness (QED) is 0.659. The van der Waals surface area contributed by atoms with Gasteiger partial charge in [-0.2, -0.15) is 0 Å².